The number of carboxylic acids is 1. The van der Waals surface area contributed by atoms with Crippen LogP contribution in [0.15, 0.2) is 24.3 Å². The Morgan fingerprint density at radius 1 is 1.50 bits per heavy atom. The Kier molecular flexibility index (Phi) is 2.87. The van der Waals surface area contributed by atoms with Gasteiger partial charge >= 0.3 is 5.97 Å². The maximum Gasteiger partial charge on any atom is 0.307 e. The summed E-state index contributed by atoms with van der Waals surface area (Å²) in [4.78, 5) is 22.0. The number of benzene rings is 1. The molecular weight excluding hydrogens is 208 g/mol. The fourth-order valence-electron chi connectivity index (χ4n) is 1.69. The number of hydrogen-bond acceptors (Lipinski definition) is 3. The Hall–Kier alpha value is -1.88. The summed E-state index contributed by atoms with van der Waals surface area (Å²) in [6.45, 7) is 0.627. The van der Waals surface area contributed by atoms with Gasteiger partial charge in [0.15, 0.2) is 0 Å². The highest BCUT2D eigenvalue weighted by Crippen LogP contribution is 2.18. The number of aliphatic carboxylic acids is 1. The molecule has 2 rings (SSSR count). The van der Waals surface area contributed by atoms with E-state index in [2.05, 4.69) is 5.43 Å². The molecule has 1 aliphatic heterocycles. The van der Waals surface area contributed by atoms with Gasteiger partial charge in [-0.2, -0.15) is 0 Å². The molecule has 1 heterocycles. The van der Waals surface area contributed by atoms with Gasteiger partial charge in [-0.15, -0.1) is 0 Å². The molecule has 0 unspecified atom stereocenters. The van der Waals surface area contributed by atoms with E-state index < -0.39 is 5.97 Å². The van der Waals surface area contributed by atoms with Crippen LogP contribution < -0.4 is 10.4 Å². The minimum absolute atomic E-state index is 0.00692. The summed E-state index contributed by atoms with van der Waals surface area (Å²) in [6, 6.07) is 6.98. The van der Waals surface area contributed by atoms with E-state index in [-0.39, 0.29) is 12.3 Å². The molecule has 1 saturated heterocycles. The summed E-state index contributed by atoms with van der Waals surface area (Å²) < 4.78 is 0. The smallest absolute Gasteiger partial charge is 0.307 e. The Morgan fingerprint density at radius 2 is 2.31 bits per heavy atom. The van der Waals surface area contributed by atoms with Gasteiger partial charge < -0.3 is 5.11 Å². The standard InChI is InChI=1S/C11H12N2O3/c14-10-4-5-12-13(10)9-3-1-2-8(6-9)7-11(15)16/h1-3,6,12H,4-5,7H2,(H,15,16). The topological polar surface area (TPSA) is 69.6 Å². The Balaban J connectivity index is 2.21. The zero-order valence-electron chi connectivity index (χ0n) is 8.64. The summed E-state index contributed by atoms with van der Waals surface area (Å²) in [7, 11) is 0. The van der Waals surface area contributed by atoms with Crippen LogP contribution in [0.25, 0.3) is 0 Å². The number of carbonyl (C=O) groups is 2. The van der Waals surface area contributed by atoms with Crippen LogP contribution in [0.4, 0.5) is 5.69 Å². The third kappa shape index (κ3) is 2.20. The van der Waals surface area contributed by atoms with Crippen LogP contribution in [0.3, 0.4) is 0 Å². The highest BCUT2D eigenvalue weighted by molar-refractivity contribution is 5.94. The molecule has 1 amide bonds. The maximum absolute atomic E-state index is 11.5. The molecular formula is C11H12N2O3. The summed E-state index contributed by atoms with van der Waals surface area (Å²) in [5, 5.41) is 10.1. The maximum atomic E-state index is 11.5. The first-order valence-corrected chi connectivity index (χ1v) is 5.04. The lowest BCUT2D eigenvalue weighted by molar-refractivity contribution is -0.136. The Bertz CT molecular complexity index is 431. The number of rotatable bonds is 3. The van der Waals surface area contributed by atoms with Crippen LogP contribution in [0, 0.1) is 0 Å². The van der Waals surface area contributed by atoms with Crippen LogP contribution in [0.2, 0.25) is 0 Å². The lowest BCUT2D eigenvalue weighted by Crippen LogP contribution is -2.34. The summed E-state index contributed by atoms with van der Waals surface area (Å²) >= 11 is 0. The average Bonchev–Trinajstić information content (AvgIpc) is 2.64. The van der Waals surface area contributed by atoms with Gasteiger partial charge in [0, 0.05) is 13.0 Å². The molecule has 0 bridgehead atoms. The van der Waals surface area contributed by atoms with E-state index in [0.717, 1.165) is 0 Å². The predicted molar refractivity (Wildman–Crippen MR) is 57.9 cm³/mol. The van der Waals surface area contributed by atoms with Gasteiger partial charge in [0.1, 0.15) is 0 Å². The molecule has 1 fully saturated rings. The first-order chi connectivity index (χ1) is 7.66. The number of hydrogen-bond donors (Lipinski definition) is 2. The van der Waals surface area contributed by atoms with Crippen molar-refractivity contribution in [3.63, 3.8) is 0 Å². The second-order valence-electron chi connectivity index (χ2n) is 3.63. The van der Waals surface area contributed by atoms with Gasteiger partial charge in [-0.05, 0) is 17.7 Å². The molecule has 0 aromatic heterocycles. The Morgan fingerprint density at radius 3 is 2.94 bits per heavy atom. The summed E-state index contributed by atoms with van der Waals surface area (Å²) in [6.07, 6.45) is 0.443. The molecule has 0 saturated carbocycles. The number of anilines is 1. The highest BCUT2D eigenvalue weighted by atomic mass is 16.4. The molecule has 0 radical (unpaired) electrons. The third-order valence-electron chi connectivity index (χ3n) is 2.38. The first-order valence-electron chi connectivity index (χ1n) is 5.04. The van der Waals surface area contributed by atoms with E-state index in [0.29, 0.717) is 24.2 Å². The van der Waals surface area contributed by atoms with Gasteiger partial charge in [0.05, 0.1) is 12.1 Å². The van der Waals surface area contributed by atoms with E-state index in [9.17, 15) is 9.59 Å². The van der Waals surface area contributed by atoms with E-state index in [1.165, 1.54) is 5.01 Å². The second-order valence-corrected chi connectivity index (χ2v) is 3.63. The minimum atomic E-state index is -0.877. The van der Waals surface area contributed by atoms with Gasteiger partial charge in [0.25, 0.3) is 0 Å². The first kappa shape index (κ1) is 10.6. The third-order valence-corrected chi connectivity index (χ3v) is 2.38. The number of nitrogens with zero attached hydrogens (tertiary/aromatic N) is 1. The van der Waals surface area contributed by atoms with Crippen LogP contribution >= 0.6 is 0 Å². The molecule has 1 aromatic carbocycles. The highest BCUT2D eigenvalue weighted by Gasteiger charge is 2.21. The van der Waals surface area contributed by atoms with Gasteiger partial charge in [-0.25, -0.2) is 10.4 Å². The number of carboxylic acid groups (broad SMARTS) is 1. The number of hydrazine groups is 1. The van der Waals surface area contributed by atoms with Crippen LogP contribution in [-0.4, -0.2) is 23.5 Å². The monoisotopic (exact) mass is 220 g/mol. The molecule has 84 valence electrons. The number of amides is 1. The van der Waals surface area contributed by atoms with Crippen molar-refractivity contribution in [3.8, 4) is 0 Å². The van der Waals surface area contributed by atoms with Crippen molar-refractivity contribution in [3.05, 3.63) is 29.8 Å². The molecule has 16 heavy (non-hydrogen) atoms. The SMILES string of the molecule is O=C(O)Cc1cccc(N2NCCC2=O)c1. The van der Waals surface area contributed by atoms with Crippen molar-refractivity contribution >= 4 is 17.6 Å². The minimum Gasteiger partial charge on any atom is -0.481 e. The van der Waals surface area contributed by atoms with Crippen LogP contribution in [-0.2, 0) is 16.0 Å². The molecule has 0 atom stereocenters. The Labute approximate surface area is 92.6 Å². The van der Waals surface area contributed by atoms with Crippen molar-refractivity contribution < 1.29 is 14.7 Å². The summed E-state index contributed by atoms with van der Waals surface area (Å²) in [5.74, 6) is -0.870. The van der Waals surface area contributed by atoms with Crippen molar-refractivity contribution in [2.24, 2.45) is 0 Å². The van der Waals surface area contributed by atoms with E-state index in [4.69, 9.17) is 5.11 Å². The van der Waals surface area contributed by atoms with Crippen molar-refractivity contribution in [1.29, 1.82) is 0 Å². The van der Waals surface area contributed by atoms with Gasteiger partial charge in [-0.1, -0.05) is 12.1 Å². The number of nitrogens with one attached hydrogen (secondary N) is 1. The van der Waals surface area contributed by atoms with Crippen molar-refractivity contribution in [2.75, 3.05) is 11.6 Å². The van der Waals surface area contributed by atoms with Crippen LogP contribution in [0.1, 0.15) is 12.0 Å². The summed E-state index contributed by atoms with van der Waals surface area (Å²) in [5.41, 5.74) is 4.32. The molecule has 0 aliphatic carbocycles. The quantitative estimate of drug-likeness (QED) is 0.780. The molecule has 0 spiro atoms. The van der Waals surface area contributed by atoms with Crippen LogP contribution in [0.5, 0.6) is 0 Å². The van der Waals surface area contributed by atoms with E-state index >= 15 is 0 Å². The van der Waals surface area contributed by atoms with E-state index in [1.54, 1.807) is 24.3 Å². The lowest BCUT2D eigenvalue weighted by Gasteiger charge is -2.16. The average molecular weight is 220 g/mol. The normalized spacial score (nSPS) is 15.5. The second kappa shape index (κ2) is 4.32. The molecule has 2 N–H and O–H groups in total. The van der Waals surface area contributed by atoms with Crippen molar-refractivity contribution in [2.45, 2.75) is 12.8 Å². The fourth-order valence-corrected chi connectivity index (χ4v) is 1.69. The van der Waals surface area contributed by atoms with Gasteiger partial charge in [0.2, 0.25) is 5.91 Å². The molecule has 1 aromatic rings. The van der Waals surface area contributed by atoms with Crippen molar-refractivity contribution in [1.82, 2.24) is 5.43 Å². The zero-order chi connectivity index (χ0) is 11.5. The zero-order valence-corrected chi connectivity index (χ0v) is 8.64. The lowest BCUT2D eigenvalue weighted by atomic mass is 10.1. The van der Waals surface area contributed by atoms with Gasteiger partial charge in [-0.3, -0.25) is 9.59 Å². The molecule has 5 heteroatoms. The van der Waals surface area contributed by atoms with E-state index in [1.807, 2.05) is 0 Å². The largest absolute Gasteiger partial charge is 0.481 e. The molecule has 5 nitrogen and oxygen atoms in total. The molecule has 1 aliphatic rings. The predicted octanol–water partition coefficient (Wildman–Crippen LogP) is 0.555. The fraction of sp³-hybridized carbons (Fsp3) is 0.273. The number of carbonyl (C=O) groups excluding carboxylic acids is 1.